The van der Waals surface area contributed by atoms with Gasteiger partial charge in [0.05, 0.1) is 13.2 Å². The first-order chi connectivity index (χ1) is 14.2. The lowest BCUT2D eigenvalue weighted by Gasteiger charge is -2.26. The quantitative estimate of drug-likeness (QED) is 0.685. The highest BCUT2D eigenvalue weighted by atomic mass is 16.5. The van der Waals surface area contributed by atoms with Gasteiger partial charge in [0.15, 0.2) is 0 Å². The fraction of sp³-hybridized carbons (Fsp3) is 0.409. The molecular formula is C22H27N5O2. The summed E-state index contributed by atoms with van der Waals surface area (Å²) in [5.41, 5.74) is 2.47. The second kappa shape index (κ2) is 8.61. The number of rotatable bonds is 6. The van der Waals surface area contributed by atoms with Crippen LogP contribution in [-0.4, -0.2) is 51.6 Å². The lowest BCUT2D eigenvalue weighted by molar-refractivity contribution is 0.0303. The monoisotopic (exact) mass is 393 g/mol. The molecule has 0 atom stereocenters. The van der Waals surface area contributed by atoms with Gasteiger partial charge >= 0.3 is 0 Å². The summed E-state index contributed by atoms with van der Waals surface area (Å²) in [6, 6.07) is 9.95. The van der Waals surface area contributed by atoms with Crippen molar-refractivity contribution in [3.05, 3.63) is 48.3 Å². The number of benzene rings is 1. The third-order valence-electron chi connectivity index (χ3n) is 5.48. The van der Waals surface area contributed by atoms with Crippen LogP contribution in [0.4, 0.5) is 11.6 Å². The second-order valence-electron chi connectivity index (χ2n) is 7.27. The number of anilines is 2. The highest BCUT2D eigenvalue weighted by Crippen LogP contribution is 2.24. The third kappa shape index (κ3) is 4.10. The van der Waals surface area contributed by atoms with Crippen molar-refractivity contribution in [1.29, 1.82) is 0 Å². The Hall–Kier alpha value is -2.93. The van der Waals surface area contributed by atoms with Gasteiger partial charge in [-0.3, -0.25) is 4.79 Å². The number of morpholine rings is 1. The average molecular weight is 393 g/mol. The first-order valence-corrected chi connectivity index (χ1v) is 10.3. The zero-order valence-electron chi connectivity index (χ0n) is 17.0. The van der Waals surface area contributed by atoms with Gasteiger partial charge in [0.25, 0.3) is 5.91 Å². The summed E-state index contributed by atoms with van der Waals surface area (Å²) < 4.78 is 7.54. The Bertz CT molecular complexity index is 973. The van der Waals surface area contributed by atoms with Gasteiger partial charge in [-0.15, -0.1) is 0 Å². The molecule has 4 rings (SSSR count). The molecule has 1 saturated heterocycles. The normalized spacial score (nSPS) is 14.5. The molecule has 1 aliphatic heterocycles. The van der Waals surface area contributed by atoms with Crippen LogP contribution in [0.15, 0.2) is 42.7 Å². The number of nitrogens with zero attached hydrogens (tertiary/aromatic N) is 4. The first-order valence-electron chi connectivity index (χ1n) is 10.3. The molecule has 0 bridgehead atoms. The van der Waals surface area contributed by atoms with Crippen molar-refractivity contribution in [2.75, 3.05) is 31.6 Å². The van der Waals surface area contributed by atoms with Crippen LogP contribution in [-0.2, 0) is 4.74 Å². The van der Waals surface area contributed by atoms with Gasteiger partial charge < -0.3 is 19.5 Å². The van der Waals surface area contributed by atoms with Gasteiger partial charge in [-0.05, 0) is 43.2 Å². The van der Waals surface area contributed by atoms with Gasteiger partial charge in [-0.1, -0.05) is 13.8 Å². The molecule has 29 heavy (non-hydrogen) atoms. The molecule has 1 N–H and O–H groups in total. The van der Waals surface area contributed by atoms with Gasteiger partial charge in [0.2, 0.25) is 5.95 Å². The topological polar surface area (TPSA) is 72.3 Å². The van der Waals surface area contributed by atoms with Gasteiger partial charge in [0, 0.05) is 48.2 Å². The van der Waals surface area contributed by atoms with Crippen LogP contribution >= 0.6 is 0 Å². The van der Waals surface area contributed by atoms with Gasteiger partial charge in [-0.2, -0.15) is 4.98 Å². The minimum Gasteiger partial charge on any atom is -0.378 e. The number of fused-ring (bicyclic) bond motifs is 1. The van der Waals surface area contributed by atoms with Crippen molar-refractivity contribution in [1.82, 2.24) is 19.4 Å². The minimum absolute atomic E-state index is 0.0421. The van der Waals surface area contributed by atoms with Crippen LogP contribution < -0.4 is 5.32 Å². The van der Waals surface area contributed by atoms with Crippen molar-refractivity contribution in [3.8, 4) is 0 Å². The molecular weight excluding hydrogens is 366 g/mol. The first kappa shape index (κ1) is 19.4. The molecule has 7 heteroatoms. The zero-order valence-corrected chi connectivity index (χ0v) is 17.0. The van der Waals surface area contributed by atoms with Crippen molar-refractivity contribution in [2.24, 2.45) is 0 Å². The molecule has 7 nitrogen and oxygen atoms in total. The predicted octanol–water partition coefficient (Wildman–Crippen LogP) is 4.01. The maximum Gasteiger partial charge on any atom is 0.254 e. The Morgan fingerprint density at radius 2 is 1.86 bits per heavy atom. The number of hydrogen-bond acceptors (Lipinski definition) is 5. The summed E-state index contributed by atoms with van der Waals surface area (Å²) in [4.78, 5) is 23.6. The molecule has 0 spiro atoms. The molecule has 152 valence electrons. The van der Waals surface area contributed by atoms with Crippen molar-refractivity contribution in [3.63, 3.8) is 0 Å². The van der Waals surface area contributed by atoms with Crippen molar-refractivity contribution < 1.29 is 9.53 Å². The van der Waals surface area contributed by atoms with Crippen LogP contribution in [0.3, 0.4) is 0 Å². The molecule has 1 fully saturated rings. The maximum atomic E-state index is 12.6. The lowest BCUT2D eigenvalue weighted by Crippen LogP contribution is -2.40. The van der Waals surface area contributed by atoms with Crippen LogP contribution in [0.25, 0.3) is 11.0 Å². The number of ether oxygens (including phenoxy) is 1. The highest BCUT2D eigenvalue weighted by molar-refractivity contribution is 5.94. The summed E-state index contributed by atoms with van der Waals surface area (Å²) in [5.74, 6) is 0.594. The van der Waals surface area contributed by atoms with E-state index < -0.39 is 0 Å². The number of hydrogen-bond donors (Lipinski definition) is 1. The third-order valence-corrected chi connectivity index (χ3v) is 5.48. The van der Waals surface area contributed by atoms with E-state index in [9.17, 15) is 4.79 Å². The largest absolute Gasteiger partial charge is 0.378 e. The van der Waals surface area contributed by atoms with E-state index in [0.29, 0.717) is 43.9 Å². The molecule has 2 aromatic heterocycles. The van der Waals surface area contributed by atoms with Crippen LogP contribution in [0, 0.1) is 0 Å². The number of amides is 1. The molecule has 3 aromatic rings. The Morgan fingerprint density at radius 3 is 2.55 bits per heavy atom. The van der Waals surface area contributed by atoms with E-state index in [-0.39, 0.29) is 5.91 Å². The predicted molar refractivity (Wildman–Crippen MR) is 114 cm³/mol. The lowest BCUT2D eigenvalue weighted by atomic mass is 10.1. The fourth-order valence-electron chi connectivity index (χ4n) is 3.75. The van der Waals surface area contributed by atoms with Crippen molar-refractivity contribution in [2.45, 2.75) is 32.7 Å². The van der Waals surface area contributed by atoms with Gasteiger partial charge in [0.1, 0.15) is 5.65 Å². The summed E-state index contributed by atoms with van der Waals surface area (Å²) in [5, 5.41) is 4.29. The smallest absolute Gasteiger partial charge is 0.254 e. The summed E-state index contributed by atoms with van der Waals surface area (Å²) >= 11 is 0. The van der Waals surface area contributed by atoms with E-state index in [0.717, 1.165) is 29.6 Å². The fourth-order valence-corrected chi connectivity index (χ4v) is 3.75. The molecule has 1 aromatic carbocycles. The van der Waals surface area contributed by atoms with E-state index >= 15 is 0 Å². The Morgan fingerprint density at radius 1 is 1.14 bits per heavy atom. The molecule has 0 saturated carbocycles. The highest BCUT2D eigenvalue weighted by Gasteiger charge is 2.18. The summed E-state index contributed by atoms with van der Waals surface area (Å²) in [6.45, 7) is 6.87. The summed E-state index contributed by atoms with van der Waals surface area (Å²) in [6.07, 6.45) is 6.06. The SMILES string of the molecule is CCC(CC)n1ccc2cnc(Nc3ccc(C(=O)N4CCOCC4)cc3)nc21. The number of carbonyl (C=O) groups excluding carboxylic acids is 1. The van der Waals surface area contributed by atoms with Gasteiger partial charge in [-0.25, -0.2) is 4.98 Å². The average Bonchev–Trinajstić information content (AvgIpc) is 3.19. The number of aromatic nitrogens is 3. The van der Waals surface area contributed by atoms with Crippen LogP contribution in [0.5, 0.6) is 0 Å². The van der Waals surface area contributed by atoms with E-state index in [1.54, 1.807) is 0 Å². The molecule has 0 unspecified atom stereocenters. The van der Waals surface area contributed by atoms with E-state index in [4.69, 9.17) is 9.72 Å². The zero-order chi connectivity index (χ0) is 20.2. The minimum atomic E-state index is 0.0421. The van der Waals surface area contributed by atoms with E-state index in [1.807, 2.05) is 35.4 Å². The standard InChI is InChI=1S/C22H27N5O2/c1-3-19(4-2)27-10-9-17-15-23-22(25-20(17)27)24-18-7-5-16(6-8-18)21(28)26-11-13-29-14-12-26/h5-10,15,19H,3-4,11-14H2,1-2H3,(H,23,24,25). The Kier molecular flexibility index (Phi) is 5.76. The molecule has 0 aliphatic carbocycles. The van der Waals surface area contributed by atoms with E-state index in [2.05, 4.69) is 41.0 Å². The summed E-state index contributed by atoms with van der Waals surface area (Å²) in [7, 11) is 0. The second-order valence-corrected chi connectivity index (χ2v) is 7.27. The van der Waals surface area contributed by atoms with Crippen LogP contribution in [0.1, 0.15) is 43.1 Å². The molecule has 0 radical (unpaired) electrons. The molecule has 3 heterocycles. The van der Waals surface area contributed by atoms with Crippen LogP contribution in [0.2, 0.25) is 0 Å². The Labute approximate surface area is 170 Å². The molecule has 1 aliphatic rings. The maximum absolute atomic E-state index is 12.6. The molecule has 1 amide bonds. The van der Waals surface area contributed by atoms with Crippen molar-refractivity contribution >= 4 is 28.6 Å². The number of nitrogens with one attached hydrogen (secondary N) is 1. The van der Waals surface area contributed by atoms with E-state index in [1.165, 1.54) is 0 Å². The Balaban J connectivity index is 1.50. The number of carbonyl (C=O) groups is 1.